The highest BCUT2D eigenvalue weighted by molar-refractivity contribution is 7.08. The Balaban J connectivity index is 1.56. The zero-order chi connectivity index (χ0) is 13.4. The van der Waals surface area contributed by atoms with E-state index in [-0.39, 0.29) is 0 Å². The third-order valence-corrected chi connectivity index (χ3v) is 4.40. The maximum Gasteiger partial charge on any atom is 0.123 e. The van der Waals surface area contributed by atoms with Gasteiger partial charge in [-0.05, 0) is 23.6 Å². The predicted octanol–water partition coefficient (Wildman–Crippen LogP) is 3.22. The van der Waals surface area contributed by atoms with Gasteiger partial charge in [-0.15, -0.1) is 0 Å². The van der Waals surface area contributed by atoms with E-state index in [0.717, 1.165) is 37.8 Å². The smallest absolute Gasteiger partial charge is 0.123 e. The molecule has 3 aromatic rings. The molecule has 0 fully saturated rings. The molecule has 0 aromatic carbocycles. The molecule has 0 N–H and O–H groups in total. The number of hydrogen-bond acceptors (Lipinski definition) is 4. The Labute approximate surface area is 121 Å². The van der Waals surface area contributed by atoms with Crippen LogP contribution in [0, 0.1) is 0 Å². The number of rotatable bonds is 3. The largest absolute Gasteiger partial charge is 0.468 e. The van der Waals surface area contributed by atoms with Gasteiger partial charge in [0.2, 0.25) is 0 Å². The van der Waals surface area contributed by atoms with Crippen molar-refractivity contribution in [1.29, 1.82) is 0 Å². The summed E-state index contributed by atoms with van der Waals surface area (Å²) >= 11 is 1.73. The van der Waals surface area contributed by atoms with Crippen LogP contribution in [0.5, 0.6) is 0 Å². The highest BCUT2D eigenvalue weighted by atomic mass is 32.1. The average molecular weight is 285 g/mol. The fourth-order valence-corrected chi connectivity index (χ4v) is 3.36. The van der Waals surface area contributed by atoms with Gasteiger partial charge in [-0.3, -0.25) is 4.90 Å². The van der Waals surface area contributed by atoms with Crippen molar-refractivity contribution in [3.8, 4) is 11.3 Å². The lowest BCUT2D eigenvalue weighted by atomic mass is 10.2. The fourth-order valence-electron chi connectivity index (χ4n) is 2.71. The molecule has 1 aliphatic heterocycles. The topological polar surface area (TPSA) is 34.2 Å². The molecule has 4 heterocycles. The second kappa shape index (κ2) is 4.92. The van der Waals surface area contributed by atoms with E-state index in [1.165, 1.54) is 11.3 Å². The van der Waals surface area contributed by atoms with E-state index in [2.05, 4.69) is 31.3 Å². The normalized spacial score (nSPS) is 15.4. The van der Waals surface area contributed by atoms with Crippen molar-refractivity contribution in [1.82, 2.24) is 14.5 Å². The molecule has 0 radical (unpaired) electrons. The third kappa shape index (κ3) is 2.09. The molecule has 0 saturated carbocycles. The first-order valence-corrected chi connectivity index (χ1v) is 7.66. The number of fused-ring (bicyclic) bond motifs is 1. The van der Waals surface area contributed by atoms with Gasteiger partial charge in [-0.2, -0.15) is 11.3 Å². The van der Waals surface area contributed by atoms with Crippen molar-refractivity contribution >= 4 is 11.3 Å². The van der Waals surface area contributed by atoms with Crippen LogP contribution in [0.25, 0.3) is 11.3 Å². The van der Waals surface area contributed by atoms with Crippen molar-refractivity contribution in [3.05, 3.63) is 53.0 Å². The van der Waals surface area contributed by atoms with E-state index in [1.54, 1.807) is 17.6 Å². The van der Waals surface area contributed by atoms with Gasteiger partial charge in [-0.1, -0.05) is 0 Å². The van der Waals surface area contributed by atoms with Gasteiger partial charge in [0.1, 0.15) is 11.6 Å². The van der Waals surface area contributed by atoms with Gasteiger partial charge < -0.3 is 8.98 Å². The van der Waals surface area contributed by atoms with Crippen LogP contribution in [0.1, 0.15) is 11.6 Å². The second-order valence-electron chi connectivity index (χ2n) is 5.01. The maximum atomic E-state index is 5.42. The Hall–Kier alpha value is -1.85. The molecular formula is C15H15N3OS. The molecule has 4 rings (SSSR count). The summed E-state index contributed by atoms with van der Waals surface area (Å²) in [6.45, 7) is 3.75. The molecule has 0 bridgehead atoms. The molecule has 3 aromatic heterocycles. The van der Waals surface area contributed by atoms with Crippen molar-refractivity contribution in [3.63, 3.8) is 0 Å². The lowest BCUT2D eigenvalue weighted by Crippen LogP contribution is -2.33. The number of aromatic nitrogens is 2. The standard InChI is InChI=1S/C15H15N3OS/c1-2-13(19-6-1)9-17-4-5-18-14(8-16-15(18)10-17)12-3-7-20-11-12/h1-3,6-8,11H,4-5,9-10H2. The monoisotopic (exact) mass is 285 g/mol. The molecule has 0 aliphatic carbocycles. The zero-order valence-corrected chi connectivity index (χ0v) is 11.8. The van der Waals surface area contributed by atoms with E-state index in [0.29, 0.717) is 0 Å². The van der Waals surface area contributed by atoms with Crippen LogP contribution < -0.4 is 0 Å². The molecule has 0 unspecified atom stereocenters. The van der Waals surface area contributed by atoms with E-state index >= 15 is 0 Å². The van der Waals surface area contributed by atoms with Gasteiger partial charge in [-0.25, -0.2) is 4.98 Å². The molecule has 4 nitrogen and oxygen atoms in total. The summed E-state index contributed by atoms with van der Waals surface area (Å²) in [5.41, 5.74) is 2.51. The molecule has 102 valence electrons. The fraction of sp³-hybridized carbons (Fsp3) is 0.267. The minimum absolute atomic E-state index is 0.855. The van der Waals surface area contributed by atoms with Crippen LogP contribution in [0.3, 0.4) is 0 Å². The molecule has 1 aliphatic rings. The number of nitrogens with zero attached hydrogens (tertiary/aromatic N) is 3. The van der Waals surface area contributed by atoms with Crippen molar-refractivity contribution in [2.24, 2.45) is 0 Å². The summed E-state index contributed by atoms with van der Waals surface area (Å²) in [6, 6.07) is 6.12. The third-order valence-electron chi connectivity index (χ3n) is 3.72. The summed E-state index contributed by atoms with van der Waals surface area (Å²) < 4.78 is 7.75. The number of thiophene rings is 1. The Bertz CT molecular complexity index is 685. The first-order chi connectivity index (χ1) is 9.90. The van der Waals surface area contributed by atoms with Crippen molar-refractivity contribution < 1.29 is 4.42 Å². The quantitative estimate of drug-likeness (QED) is 0.741. The first kappa shape index (κ1) is 11.9. The first-order valence-electron chi connectivity index (χ1n) is 6.72. The summed E-state index contributed by atoms with van der Waals surface area (Å²) in [5.74, 6) is 2.16. The molecule has 20 heavy (non-hydrogen) atoms. The van der Waals surface area contributed by atoms with Crippen LogP contribution >= 0.6 is 11.3 Å². The summed E-state index contributed by atoms with van der Waals surface area (Å²) in [5, 5.41) is 4.29. The minimum Gasteiger partial charge on any atom is -0.468 e. The lowest BCUT2D eigenvalue weighted by molar-refractivity contribution is 0.194. The van der Waals surface area contributed by atoms with Gasteiger partial charge in [0.15, 0.2) is 0 Å². The summed E-state index contributed by atoms with van der Waals surface area (Å²) in [6.07, 6.45) is 3.72. The maximum absolute atomic E-state index is 5.42. The Morgan fingerprint density at radius 3 is 3.10 bits per heavy atom. The lowest BCUT2D eigenvalue weighted by Gasteiger charge is -2.27. The molecule has 0 saturated heterocycles. The van der Waals surface area contributed by atoms with Gasteiger partial charge in [0.05, 0.1) is 31.2 Å². The van der Waals surface area contributed by atoms with Crippen LogP contribution in [-0.4, -0.2) is 21.0 Å². The van der Waals surface area contributed by atoms with E-state index in [1.807, 2.05) is 18.3 Å². The number of hydrogen-bond donors (Lipinski definition) is 0. The van der Waals surface area contributed by atoms with Crippen molar-refractivity contribution in [2.45, 2.75) is 19.6 Å². The summed E-state index contributed by atoms with van der Waals surface area (Å²) in [7, 11) is 0. The molecule has 0 amide bonds. The zero-order valence-electron chi connectivity index (χ0n) is 11.0. The number of imidazole rings is 1. The van der Waals surface area contributed by atoms with Crippen LogP contribution in [-0.2, 0) is 19.6 Å². The van der Waals surface area contributed by atoms with Gasteiger partial charge in [0.25, 0.3) is 0 Å². The highest BCUT2D eigenvalue weighted by Gasteiger charge is 2.21. The van der Waals surface area contributed by atoms with Crippen molar-refractivity contribution in [2.75, 3.05) is 6.54 Å². The number of furan rings is 1. The predicted molar refractivity (Wildman–Crippen MR) is 78.4 cm³/mol. The summed E-state index contributed by atoms with van der Waals surface area (Å²) in [4.78, 5) is 6.96. The van der Waals surface area contributed by atoms with Gasteiger partial charge >= 0.3 is 0 Å². The van der Waals surface area contributed by atoms with E-state index in [4.69, 9.17) is 4.42 Å². The Morgan fingerprint density at radius 2 is 2.30 bits per heavy atom. The molecular weight excluding hydrogens is 270 g/mol. The van der Waals surface area contributed by atoms with Gasteiger partial charge in [0, 0.05) is 24.0 Å². The van der Waals surface area contributed by atoms with Crippen LogP contribution in [0.4, 0.5) is 0 Å². The van der Waals surface area contributed by atoms with E-state index in [9.17, 15) is 0 Å². The SMILES string of the molecule is c1coc(CN2CCn3c(-c4ccsc4)cnc3C2)c1. The van der Waals surface area contributed by atoms with Crippen LogP contribution in [0.15, 0.2) is 45.8 Å². The minimum atomic E-state index is 0.855. The average Bonchev–Trinajstić information content (AvgIpc) is 3.19. The Morgan fingerprint density at radius 1 is 1.30 bits per heavy atom. The molecule has 5 heteroatoms. The highest BCUT2D eigenvalue weighted by Crippen LogP contribution is 2.26. The molecule has 0 spiro atoms. The van der Waals surface area contributed by atoms with E-state index < -0.39 is 0 Å². The second-order valence-corrected chi connectivity index (χ2v) is 5.79. The van der Waals surface area contributed by atoms with Crippen LogP contribution in [0.2, 0.25) is 0 Å². The Kier molecular flexibility index (Phi) is 2.94. The molecule has 0 atom stereocenters.